The second-order valence-corrected chi connectivity index (χ2v) is 13.8. The molecule has 5 heteroatoms. The second kappa shape index (κ2) is 9.50. The monoisotopic (exact) mass is 516 g/mol. The van der Waals surface area contributed by atoms with Crippen molar-refractivity contribution in [2.75, 3.05) is 38.7 Å². The third-order valence-electron chi connectivity index (χ3n) is 10.6. The summed E-state index contributed by atoms with van der Waals surface area (Å²) in [5.41, 5.74) is 5.47. The molecule has 2 heterocycles. The van der Waals surface area contributed by atoms with E-state index in [0.717, 1.165) is 42.0 Å². The molecule has 3 fully saturated rings. The van der Waals surface area contributed by atoms with Gasteiger partial charge in [-0.15, -0.1) is 0 Å². The zero-order valence-corrected chi connectivity index (χ0v) is 24.8. The van der Waals surface area contributed by atoms with Crippen LogP contribution in [0.15, 0.2) is 24.3 Å². The molecule has 2 aromatic rings. The van der Waals surface area contributed by atoms with Crippen LogP contribution in [-0.4, -0.2) is 54.7 Å². The van der Waals surface area contributed by atoms with Crippen LogP contribution in [0.25, 0.3) is 0 Å². The minimum atomic E-state index is 0.0743. The zero-order valence-electron chi connectivity index (χ0n) is 24.8. The molecule has 5 nitrogen and oxygen atoms in total. The molecular weight excluding hydrogens is 468 g/mol. The van der Waals surface area contributed by atoms with Crippen molar-refractivity contribution in [3.63, 3.8) is 0 Å². The van der Waals surface area contributed by atoms with Crippen LogP contribution in [0.3, 0.4) is 0 Å². The van der Waals surface area contributed by atoms with Gasteiger partial charge in [0.25, 0.3) is 0 Å². The highest BCUT2D eigenvalue weighted by Crippen LogP contribution is 2.71. The number of rotatable bonds is 8. The first-order valence-corrected chi connectivity index (χ1v) is 15.1. The van der Waals surface area contributed by atoms with E-state index in [1.807, 2.05) is 7.11 Å². The van der Waals surface area contributed by atoms with Crippen molar-refractivity contribution in [2.24, 2.45) is 29.1 Å². The van der Waals surface area contributed by atoms with E-state index in [0.29, 0.717) is 23.8 Å². The minimum absolute atomic E-state index is 0.0743. The van der Waals surface area contributed by atoms with Crippen molar-refractivity contribution in [1.82, 2.24) is 14.9 Å². The average molecular weight is 517 g/mol. The normalized spacial score (nSPS) is 31.3. The summed E-state index contributed by atoms with van der Waals surface area (Å²) in [5, 5.41) is 0. The van der Waals surface area contributed by atoms with Crippen LogP contribution in [0.5, 0.6) is 5.75 Å². The van der Waals surface area contributed by atoms with E-state index in [1.165, 1.54) is 56.3 Å². The Bertz CT molecular complexity index is 1170. The van der Waals surface area contributed by atoms with E-state index in [1.54, 1.807) is 0 Å². The summed E-state index contributed by atoms with van der Waals surface area (Å²) in [6.07, 6.45) is 7.59. The zero-order chi connectivity index (χ0) is 26.8. The lowest BCUT2D eigenvalue weighted by atomic mass is 9.54. The first-order valence-electron chi connectivity index (χ1n) is 15.1. The molecule has 3 aliphatic carbocycles. The smallest absolute Gasteiger partial charge is 0.226 e. The predicted molar refractivity (Wildman–Crippen MR) is 155 cm³/mol. The summed E-state index contributed by atoms with van der Waals surface area (Å²) in [5.74, 6) is 4.76. The lowest BCUT2D eigenvalue weighted by Gasteiger charge is -2.51. The van der Waals surface area contributed by atoms with E-state index in [-0.39, 0.29) is 10.8 Å². The molecule has 0 bridgehead atoms. The number of anilines is 1. The van der Waals surface area contributed by atoms with Gasteiger partial charge in [-0.05, 0) is 99.8 Å². The van der Waals surface area contributed by atoms with Gasteiger partial charge in [-0.25, -0.2) is 9.97 Å². The number of aromatic nitrogens is 2. The minimum Gasteiger partial charge on any atom is -0.496 e. The third kappa shape index (κ3) is 3.98. The Morgan fingerprint density at radius 1 is 1.11 bits per heavy atom. The quantitative estimate of drug-likeness (QED) is 0.418. The maximum atomic E-state index is 6.20. The number of nitrogens with zero attached hydrogens (tertiary/aromatic N) is 4. The van der Waals surface area contributed by atoms with Crippen molar-refractivity contribution in [3.8, 4) is 5.75 Å². The van der Waals surface area contributed by atoms with Crippen LogP contribution in [-0.2, 0) is 11.8 Å². The molecule has 4 aliphatic rings. The predicted octanol–water partition coefficient (Wildman–Crippen LogP) is 6.21. The first-order chi connectivity index (χ1) is 18.2. The lowest BCUT2D eigenvalue weighted by molar-refractivity contribution is 0.0605. The molecule has 4 unspecified atom stereocenters. The Kier molecular flexibility index (Phi) is 6.53. The molecule has 1 saturated heterocycles. The molecular formula is C33H48N4O. The maximum Gasteiger partial charge on any atom is 0.226 e. The van der Waals surface area contributed by atoms with Crippen molar-refractivity contribution in [2.45, 2.75) is 84.6 Å². The van der Waals surface area contributed by atoms with Gasteiger partial charge in [0.1, 0.15) is 5.75 Å². The molecule has 0 N–H and O–H groups in total. The van der Waals surface area contributed by atoms with Crippen LogP contribution in [0, 0.1) is 42.9 Å². The molecule has 38 heavy (non-hydrogen) atoms. The SMILES string of the molecule is CCCC1C2[C@@H](CN1c1nc(C)cc(C)n1)CC(C)(C)C21c2c(cccc2OC)CC1CN(C)CC1CC1. The molecule has 206 valence electrons. The van der Waals surface area contributed by atoms with Crippen molar-refractivity contribution in [3.05, 3.63) is 46.8 Å². The second-order valence-electron chi connectivity index (χ2n) is 13.8. The molecule has 2 saturated carbocycles. The fourth-order valence-corrected chi connectivity index (χ4v) is 9.60. The van der Waals surface area contributed by atoms with Crippen LogP contribution < -0.4 is 9.64 Å². The summed E-state index contributed by atoms with van der Waals surface area (Å²) in [6, 6.07) is 9.39. The number of fused-ring (bicyclic) bond motifs is 4. The number of hydrogen-bond acceptors (Lipinski definition) is 5. The largest absolute Gasteiger partial charge is 0.496 e. The van der Waals surface area contributed by atoms with Gasteiger partial charge in [0, 0.05) is 48.0 Å². The van der Waals surface area contributed by atoms with Gasteiger partial charge >= 0.3 is 0 Å². The molecule has 6 rings (SSSR count). The Balaban J connectivity index is 1.50. The van der Waals surface area contributed by atoms with Crippen molar-refractivity contribution < 1.29 is 4.74 Å². The van der Waals surface area contributed by atoms with Crippen molar-refractivity contribution in [1.29, 1.82) is 0 Å². The van der Waals surface area contributed by atoms with E-state index in [9.17, 15) is 0 Å². The fraction of sp³-hybridized carbons (Fsp3) is 0.697. The fourth-order valence-electron chi connectivity index (χ4n) is 9.60. The van der Waals surface area contributed by atoms with Gasteiger partial charge in [0.2, 0.25) is 5.95 Å². The number of ether oxygens (including phenoxy) is 1. The van der Waals surface area contributed by atoms with Crippen LogP contribution >= 0.6 is 0 Å². The molecule has 1 aromatic carbocycles. The Labute approximate surface area is 230 Å². The van der Waals surface area contributed by atoms with E-state index >= 15 is 0 Å². The van der Waals surface area contributed by atoms with Gasteiger partial charge < -0.3 is 14.5 Å². The lowest BCUT2D eigenvalue weighted by Crippen LogP contribution is -2.54. The number of aryl methyl sites for hydroxylation is 2. The highest BCUT2D eigenvalue weighted by molar-refractivity contribution is 5.55. The van der Waals surface area contributed by atoms with Gasteiger partial charge in [-0.1, -0.05) is 39.3 Å². The van der Waals surface area contributed by atoms with Crippen LogP contribution in [0.2, 0.25) is 0 Å². The van der Waals surface area contributed by atoms with Gasteiger partial charge in [-0.2, -0.15) is 0 Å². The highest BCUT2D eigenvalue weighted by atomic mass is 16.5. The Morgan fingerprint density at radius 2 is 1.84 bits per heavy atom. The first kappa shape index (κ1) is 26.1. The molecule has 1 aliphatic heterocycles. The van der Waals surface area contributed by atoms with Crippen molar-refractivity contribution >= 4 is 5.95 Å². The van der Waals surface area contributed by atoms with Crippen LogP contribution in [0.1, 0.15) is 75.4 Å². The number of methoxy groups -OCH3 is 1. The van der Waals surface area contributed by atoms with E-state index in [4.69, 9.17) is 14.7 Å². The number of hydrogen-bond donors (Lipinski definition) is 0. The third-order valence-corrected chi connectivity index (χ3v) is 10.6. The molecule has 0 amide bonds. The molecule has 0 radical (unpaired) electrons. The summed E-state index contributed by atoms with van der Waals surface area (Å²) in [7, 11) is 4.25. The average Bonchev–Trinajstić information content (AvgIpc) is 3.43. The standard InChI is InChI=1S/C33H48N4O/c1-8-10-27-29-25(19-37(27)31-34-21(2)15-22(3)35-31)17-32(4,5)33(29)26(20-36(6)18-23-13-14-23)16-24-11-9-12-28(38-7)30(24)33/h9,11-12,15,23,25-27,29H,8,10,13-14,16-20H2,1-7H3/t25-,26?,27?,29?,33?/m1/s1. The summed E-state index contributed by atoms with van der Waals surface area (Å²) >= 11 is 0. The molecule has 1 aromatic heterocycles. The molecule has 1 spiro atoms. The maximum absolute atomic E-state index is 6.20. The van der Waals surface area contributed by atoms with Crippen LogP contribution in [0.4, 0.5) is 5.95 Å². The van der Waals surface area contributed by atoms with Gasteiger partial charge in [0.15, 0.2) is 0 Å². The summed E-state index contributed by atoms with van der Waals surface area (Å²) in [6.45, 7) is 15.2. The van der Waals surface area contributed by atoms with E-state index in [2.05, 4.69) is 75.7 Å². The molecule has 5 atom stereocenters. The topological polar surface area (TPSA) is 41.5 Å². The Morgan fingerprint density at radius 3 is 2.50 bits per heavy atom. The van der Waals surface area contributed by atoms with Gasteiger partial charge in [0.05, 0.1) is 7.11 Å². The van der Waals surface area contributed by atoms with E-state index < -0.39 is 0 Å². The highest BCUT2D eigenvalue weighted by Gasteiger charge is 2.70. The van der Waals surface area contributed by atoms with Gasteiger partial charge in [-0.3, -0.25) is 0 Å². The summed E-state index contributed by atoms with van der Waals surface area (Å²) in [4.78, 5) is 15.3. The number of benzene rings is 1. The Hall–Kier alpha value is -2.14. The summed E-state index contributed by atoms with van der Waals surface area (Å²) < 4.78 is 6.20.